The van der Waals surface area contributed by atoms with Gasteiger partial charge in [-0.1, -0.05) is 20.3 Å². The third-order valence-electron chi connectivity index (χ3n) is 4.39. The van der Waals surface area contributed by atoms with Gasteiger partial charge < -0.3 is 5.32 Å². The van der Waals surface area contributed by atoms with E-state index < -0.39 is 0 Å². The Bertz CT molecular complexity index is 404. The first-order valence-corrected chi connectivity index (χ1v) is 8.35. The smallest absolute Gasteiger partial charge is 0.0897 e. The van der Waals surface area contributed by atoms with Gasteiger partial charge in [-0.05, 0) is 26.7 Å². The maximum atomic E-state index is 4.63. The molecular weight excluding hydrogens is 254 g/mol. The van der Waals surface area contributed by atoms with Crippen molar-refractivity contribution in [3.05, 3.63) is 16.1 Å². The highest BCUT2D eigenvalue weighted by atomic mass is 32.1. The van der Waals surface area contributed by atoms with E-state index in [-0.39, 0.29) is 5.54 Å². The predicted molar refractivity (Wildman–Crippen MR) is 82.7 cm³/mol. The molecule has 0 saturated carbocycles. The summed E-state index contributed by atoms with van der Waals surface area (Å²) in [5, 5.41) is 7.11. The summed E-state index contributed by atoms with van der Waals surface area (Å²) in [4.78, 5) is 7.27. The molecule has 1 aromatic rings. The van der Waals surface area contributed by atoms with E-state index >= 15 is 0 Å². The fourth-order valence-corrected chi connectivity index (χ4v) is 3.45. The number of aromatic nitrogens is 1. The SMILES string of the molecule is CCCC1CN(Cc2csc(C)n2)C(C)(CC)CN1. The zero-order valence-electron chi connectivity index (χ0n) is 12.7. The molecule has 2 unspecified atom stereocenters. The molecule has 0 amide bonds. The highest BCUT2D eigenvalue weighted by molar-refractivity contribution is 7.09. The Balaban J connectivity index is 2.07. The van der Waals surface area contributed by atoms with Gasteiger partial charge in [0.1, 0.15) is 0 Å². The van der Waals surface area contributed by atoms with Crippen LogP contribution in [0.1, 0.15) is 50.7 Å². The van der Waals surface area contributed by atoms with Gasteiger partial charge in [0.05, 0.1) is 10.7 Å². The van der Waals surface area contributed by atoms with Crippen molar-refractivity contribution in [2.24, 2.45) is 0 Å². The summed E-state index contributed by atoms with van der Waals surface area (Å²) >= 11 is 1.76. The molecule has 2 rings (SSSR count). The Morgan fingerprint density at radius 1 is 1.53 bits per heavy atom. The second-order valence-electron chi connectivity index (χ2n) is 5.96. The minimum absolute atomic E-state index is 0.266. The number of hydrogen-bond acceptors (Lipinski definition) is 4. The largest absolute Gasteiger partial charge is 0.311 e. The topological polar surface area (TPSA) is 28.2 Å². The van der Waals surface area contributed by atoms with E-state index in [4.69, 9.17) is 0 Å². The Kier molecular flexibility index (Phi) is 4.98. The molecule has 2 heterocycles. The Morgan fingerprint density at radius 2 is 2.32 bits per heavy atom. The Labute approximate surface area is 121 Å². The molecule has 1 saturated heterocycles. The minimum atomic E-state index is 0.266. The maximum absolute atomic E-state index is 4.63. The molecule has 3 nitrogen and oxygen atoms in total. The van der Waals surface area contributed by atoms with Crippen molar-refractivity contribution in [3.8, 4) is 0 Å². The van der Waals surface area contributed by atoms with Gasteiger partial charge in [0, 0.05) is 36.6 Å². The first-order chi connectivity index (χ1) is 9.07. The molecule has 1 aliphatic heterocycles. The molecule has 0 aliphatic carbocycles. The van der Waals surface area contributed by atoms with Gasteiger partial charge in [-0.25, -0.2) is 4.98 Å². The van der Waals surface area contributed by atoms with Gasteiger partial charge in [-0.3, -0.25) is 4.90 Å². The molecule has 2 atom stereocenters. The molecule has 1 N–H and O–H groups in total. The maximum Gasteiger partial charge on any atom is 0.0897 e. The molecule has 4 heteroatoms. The van der Waals surface area contributed by atoms with E-state index in [2.05, 4.69) is 48.3 Å². The van der Waals surface area contributed by atoms with Gasteiger partial charge in [-0.15, -0.1) is 11.3 Å². The van der Waals surface area contributed by atoms with E-state index in [0.717, 1.165) is 19.6 Å². The van der Waals surface area contributed by atoms with Gasteiger partial charge in [0.25, 0.3) is 0 Å². The molecule has 0 aromatic carbocycles. The van der Waals surface area contributed by atoms with Crippen LogP contribution in [-0.4, -0.2) is 34.6 Å². The summed E-state index contributed by atoms with van der Waals surface area (Å²) in [5.74, 6) is 0. The number of rotatable bonds is 5. The van der Waals surface area contributed by atoms with Crippen LogP contribution in [0.5, 0.6) is 0 Å². The van der Waals surface area contributed by atoms with Crippen molar-refractivity contribution in [2.45, 2.75) is 65.1 Å². The van der Waals surface area contributed by atoms with Crippen LogP contribution in [0, 0.1) is 6.92 Å². The molecule has 1 fully saturated rings. The molecular formula is C15H27N3S. The number of aryl methyl sites for hydroxylation is 1. The lowest BCUT2D eigenvalue weighted by Gasteiger charge is -2.47. The second-order valence-corrected chi connectivity index (χ2v) is 7.02. The molecule has 108 valence electrons. The third-order valence-corrected chi connectivity index (χ3v) is 5.22. The van der Waals surface area contributed by atoms with Crippen molar-refractivity contribution in [2.75, 3.05) is 13.1 Å². The molecule has 0 bridgehead atoms. The minimum Gasteiger partial charge on any atom is -0.311 e. The van der Waals surface area contributed by atoms with Crippen molar-refractivity contribution in [1.29, 1.82) is 0 Å². The van der Waals surface area contributed by atoms with Gasteiger partial charge in [-0.2, -0.15) is 0 Å². The number of nitrogens with one attached hydrogen (secondary N) is 1. The van der Waals surface area contributed by atoms with Gasteiger partial charge >= 0.3 is 0 Å². The monoisotopic (exact) mass is 281 g/mol. The van der Waals surface area contributed by atoms with E-state index in [9.17, 15) is 0 Å². The van der Waals surface area contributed by atoms with Crippen molar-refractivity contribution < 1.29 is 0 Å². The van der Waals surface area contributed by atoms with Crippen LogP contribution in [-0.2, 0) is 6.54 Å². The van der Waals surface area contributed by atoms with E-state index in [1.54, 1.807) is 11.3 Å². The van der Waals surface area contributed by atoms with Gasteiger partial charge in [0.15, 0.2) is 0 Å². The van der Waals surface area contributed by atoms with E-state index in [1.165, 1.54) is 30.0 Å². The Morgan fingerprint density at radius 3 is 2.89 bits per heavy atom. The van der Waals surface area contributed by atoms with E-state index in [1.807, 2.05) is 0 Å². The van der Waals surface area contributed by atoms with Crippen LogP contribution in [0.4, 0.5) is 0 Å². The first kappa shape index (κ1) is 14.9. The average Bonchev–Trinajstić information content (AvgIpc) is 2.80. The molecule has 0 spiro atoms. The summed E-state index contributed by atoms with van der Waals surface area (Å²) in [6.45, 7) is 12.3. The van der Waals surface area contributed by atoms with Crippen LogP contribution < -0.4 is 5.32 Å². The summed E-state index contributed by atoms with van der Waals surface area (Å²) in [5.41, 5.74) is 1.50. The highest BCUT2D eigenvalue weighted by Gasteiger charge is 2.36. The normalized spacial score (nSPS) is 28.7. The number of hydrogen-bond donors (Lipinski definition) is 1. The zero-order valence-corrected chi connectivity index (χ0v) is 13.5. The van der Waals surface area contributed by atoms with Crippen molar-refractivity contribution in [3.63, 3.8) is 0 Å². The third kappa shape index (κ3) is 3.56. The summed E-state index contributed by atoms with van der Waals surface area (Å²) in [7, 11) is 0. The van der Waals surface area contributed by atoms with Crippen LogP contribution in [0.3, 0.4) is 0 Å². The lowest BCUT2D eigenvalue weighted by Crippen LogP contribution is -2.62. The fraction of sp³-hybridized carbons (Fsp3) is 0.800. The molecule has 1 aliphatic rings. The first-order valence-electron chi connectivity index (χ1n) is 7.47. The predicted octanol–water partition coefficient (Wildman–Crippen LogP) is 3.19. The number of thiazole rings is 1. The second kappa shape index (κ2) is 6.33. The van der Waals surface area contributed by atoms with Crippen LogP contribution in [0.25, 0.3) is 0 Å². The molecule has 0 radical (unpaired) electrons. The van der Waals surface area contributed by atoms with Crippen LogP contribution in [0.15, 0.2) is 5.38 Å². The lowest BCUT2D eigenvalue weighted by atomic mass is 9.91. The summed E-state index contributed by atoms with van der Waals surface area (Å²) in [6, 6.07) is 0.643. The lowest BCUT2D eigenvalue weighted by molar-refractivity contribution is 0.0387. The zero-order chi connectivity index (χ0) is 13.9. The summed E-state index contributed by atoms with van der Waals surface area (Å²) < 4.78 is 0. The standard InChI is InChI=1S/C15H27N3S/c1-5-7-13-8-18(15(4,6-2)11-16-13)9-14-10-19-12(3)17-14/h10,13,16H,5-9,11H2,1-4H3. The van der Waals surface area contributed by atoms with Crippen molar-refractivity contribution in [1.82, 2.24) is 15.2 Å². The highest BCUT2D eigenvalue weighted by Crippen LogP contribution is 2.26. The Hall–Kier alpha value is -0.450. The van der Waals surface area contributed by atoms with Crippen molar-refractivity contribution >= 4 is 11.3 Å². The summed E-state index contributed by atoms with van der Waals surface area (Å²) in [6.07, 6.45) is 3.71. The quantitative estimate of drug-likeness (QED) is 0.898. The fourth-order valence-electron chi connectivity index (χ4n) is 2.85. The van der Waals surface area contributed by atoms with Crippen LogP contribution >= 0.6 is 11.3 Å². The van der Waals surface area contributed by atoms with Gasteiger partial charge in [0.2, 0.25) is 0 Å². The molecule has 19 heavy (non-hydrogen) atoms. The van der Waals surface area contributed by atoms with E-state index in [0.29, 0.717) is 6.04 Å². The molecule has 1 aromatic heterocycles. The van der Waals surface area contributed by atoms with Crippen LogP contribution in [0.2, 0.25) is 0 Å². The average molecular weight is 281 g/mol. The number of nitrogens with zero attached hydrogens (tertiary/aromatic N) is 2. The number of piperazine rings is 1.